The van der Waals surface area contributed by atoms with E-state index in [9.17, 15) is 4.79 Å². The van der Waals surface area contributed by atoms with Gasteiger partial charge in [0.1, 0.15) is 0 Å². The van der Waals surface area contributed by atoms with E-state index in [1.54, 1.807) is 28.1 Å². The van der Waals surface area contributed by atoms with E-state index in [1.807, 2.05) is 0 Å². The van der Waals surface area contributed by atoms with Crippen LogP contribution < -0.4 is 0 Å². The van der Waals surface area contributed by atoms with Gasteiger partial charge in [-0.2, -0.15) is 0 Å². The summed E-state index contributed by atoms with van der Waals surface area (Å²) in [6.07, 6.45) is 2.64. The van der Waals surface area contributed by atoms with Crippen LogP contribution in [0.25, 0.3) is 0 Å². The van der Waals surface area contributed by atoms with Gasteiger partial charge in [0.05, 0.1) is 18.6 Å². The van der Waals surface area contributed by atoms with Gasteiger partial charge in [-0.05, 0) is 33.2 Å². The zero-order chi connectivity index (χ0) is 14.7. The summed E-state index contributed by atoms with van der Waals surface area (Å²) in [6, 6.07) is 0. The third-order valence-electron chi connectivity index (χ3n) is 3.33. The summed E-state index contributed by atoms with van der Waals surface area (Å²) in [6.45, 7) is 7.73. The van der Waals surface area contributed by atoms with E-state index in [-0.39, 0.29) is 0 Å². The molecular formula is C14H29NO4. The maximum absolute atomic E-state index is 11.0. The number of carboxylic acids is 1. The largest absolute Gasteiger partial charge is 0.481 e. The van der Waals surface area contributed by atoms with Crippen molar-refractivity contribution in [3.63, 3.8) is 0 Å². The first-order chi connectivity index (χ1) is 8.94. The van der Waals surface area contributed by atoms with Crippen molar-refractivity contribution in [1.29, 1.82) is 0 Å². The van der Waals surface area contributed by atoms with Crippen LogP contribution >= 0.6 is 0 Å². The molecule has 0 heterocycles. The molecule has 1 N–H and O–H groups in total. The molecule has 0 bridgehead atoms. The van der Waals surface area contributed by atoms with Crippen molar-refractivity contribution in [2.75, 3.05) is 47.1 Å². The van der Waals surface area contributed by atoms with E-state index in [2.05, 4.69) is 4.90 Å². The molecular weight excluding hydrogens is 246 g/mol. The molecule has 0 aromatic rings. The molecule has 0 rings (SSSR count). The van der Waals surface area contributed by atoms with Crippen LogP contribution in [0.4, 0.5) is 0 Å². The summed E-state index contributed by atoms with van der Waals surface area (Å²) in [4.78, 5) is 13.3. The first-order valence-corrected chi connectivity index (χ1v) is 6.87. The van der Waals surface area contributed by atoms with Crippen LogP contribution in [0.15, 0.2) is 0 Å². The minimum atomic E-state index is -0.719. The van der Waals surface area contributed by atoms with Crippen molar-refractivity contribution in [3.05, 3.63) is 0 Å². The highest BCUT2D eigenvalue weighted by molar-refractivity contribution is 5.73. The molecule has 0 fully saturated rings. The number of carboxylic acid groups (broad SMARTS) is 1. The minimum Gasteiger partial charge on any atom is -0.481 e. The van der Waals surface area contributed by atoms with Crippen molar-refractivity contribution in [2.45, 2.75) is 33.1 Å². The predicted octanol–water partition coefficient (Wildman–Crippen LogP) is 1.86. The summed E-state index contributed by atoms with van der Waals surface area (Å²) < 4.78 is 10.2. The molecule has 0 aliphatic heterocycles. The van der Waals surface area contributed by atoms with Crippen molar-refractivity contribution in [3.8, 4) is 0 Å². The number of rotatable bonds is 12. The Balaban J connectivity index is 3.87. The number of aliphatic carboxylic acids is 1. The molecule has 0 atom stereocenters. The van der Waals surface area contributed by atoms with Crippen LogP contribution in [0, 0.1) is 5.41 Å². The maximum Gasteiger partial charge on any atom is 0.309 e. The molecule has 5 nitrogen and oxygen atoms in total. The van der Waals surface area contributed by atoms with E-state index in [0.29, 0.717) is 19.6 Å². The maximum atomic E-state index is 11.0. The highest BCUT2D eigenvalue weighted by Gasteiger charge is 2.26. The van der Waals surface area contributed by atoms with E-state index in [1.165, 1.54) is 0 Å². The molecule has 0 radical (unpaired) electrons. The van der Waals surface area contributed by atoms with Crippen LogP contribution in [0.5, 0.6) is 0 Å². The number of methoxy groups -OCH3 is 2. The van der Waals surface area contributed by atoms with Gasteiger partial charge in [0.15, 0.2) is 0 Å². The van der Waals surface area contributed by atoms with Gasteiger partial charge < -0.3 is 14.6 Å². The summed E-state index contributed by atoms with van der Waals surface area (Å²) in [7, 11) is 3.40. The monoisotopic (exact) mass is 275 g/mol. The van der Waals surface area contributed by atoms with Crippen LogP contribution in [0.1, 0.15) is 33.1 Å². The first kappa shape index (κ1) is 18.4. The SMILES string of the molecule is COCCN(CCCCC(C)(C)C(=O)O)CCOC. The molecule has 0 saturated carbocycles. The normalized spacial score (nSPS) is 12.1. The van der Waals surface area contributed by atoms with Gasteiger partial charge in [0.2, 0.25) is 0 Å². The van der Waals surface area contributed by atoms with Gasteiger partial charge >= 0.3 is 5.97 Å². The highest BCUT2D eigenvalue weighted by atomic mass is 16.5. The van der Waals surface area contributed by atoms with Gasteiger partial charge in [0, 0.05) is 27.3 Å². The Hall–Kier alpha value is -0.650. The number of hydrogen-bond donors (Lipinski definition) is 1. The standard InChI is InChI=1S/C14H29NO4/c1-14(2,13(16)17)7-5-6-8-15(9-11-18-3)10-12-19-4/h5-12H2,1-4H3,(H,16,17). The lowest BCUT2D eigenvalue weighted by Gasteiger charge is -2.23. The van der Waals surface area contributed by atoms with E-state index >= 15 is 0 Å². The van der Waals surface area contributed by atoms with Crippen LogP contribution in [0.3, 0.4) is 0 Å². The lowest BCUT2D eigenvalue weighted by atomic mass is 9.87. The second-order valence-corrected chi connectivity index (χ2v) is 5.47. The number of unbranched alkanes of at least 4 members (excludes halogenated alkanes) is 1. The molecule has 0 unspecified atom stereocenters. The second-order valence-electron chi connectivity index (χ2n) is 5.47. The molecule has 5 heteroatoms. The average molecular weight is 275 g/mol. The van der Waals surface area contributed by atoms with Crippen molar-refractivity contribution >= 4 is 5.97 Å². The van der Waals surface area contributed by atoms with Gasteiger partial charge in [-0.3, -0.25) is 9.69 Å². The Labute approximate surface area is 116 Å². The van der Waals surface area contributed by atoms with Gasteiger partial charge in [-0.25, -0.2) is 0 Å². The van der Waals surface area contributed by atoms with Crippen LogP contribution in [-0.2, 0) is 14.3 Å². The summed E-state index contributed by atoms with van der Waals surface area (Å²) >= 11 is 0. The number of nitrogens with zero attached hydrogens (tertiary/aromatic N) is 1. The Morgan fingerprint density at radius 1 is 1.05 bits per heavy atom. The average Bonchev–Trinajstić information content (AvgIpc) is 2.36. The smallest absolute Gasteiger partial charge is 0.309 e. The van der Waals surface area contributed by atoms with E-state index < -0.39 is 11.4 Å². The van der Waals surface area contributed by atoms with Crippen molar-refractivity contribution in [1.82, 2.24) is 4.90 Å². The molecule has 0 saturated heterocycles. The summed E-state index contributed by atoms with van der Waals surface area (Å²) in [5, 5.41) is 9.04. The van der Waals surface area contributed by atoms with Crippen molar-refractivity contribution in [2.24, 2.45) is 5.41 Å². The predicted molar refractivity (Wildman–Crippen MR) is 75.5 cm³/mol. The lowest BCUT2D eigenvalue weighted by Crippen LogP contribution is -2.32. The van der Waals surface area contributed by atoms with Gasteiger partial charge in [0.25, 0.3) is 0 Å². The molecule has 0 aliphatic carbocycles. The topological polar surface area (TPSA) is 59.0 Å². The first-order valence-electron chi connectivity index (χ1n) is 6.87. The van der Waals surface area contributed by atoms with E-state index in [4.69, 9.17) is 14.6 Å². The lowest BCUT2D eigenvalue weighted by molar-refractivity contribution is -0.147. The highest BCUT2D eigenvalue weighted by Crippen LogP contribution is 2.23. The number of carbonyl (C=O) groups is 1. The second kappa shape index (κ2) is 10.2. The van der Waals surface area contributed by atoms with Crippen LogP contribution in [0.2, 0.25) is 0 Å². The molecule has 0 aromatic carbocycles. The fourth-order valence-corrected chi connectivity index (χ4v) is 1.79. The molecule has 0 aromatic heterocycles. The Bertz CT molecular complexity index is 236. The van der Waals surface area contributed by atoms with E-state index in [0.717, 1.165) is 32.5 Å². The van der Waals surface area contributed by atoms with Crippen LogP contribution in [-0.4, -0.2) is 63.0 Å². The Morgan fingerprint density at radius 3 is 2.00 bits per heavy atom. The third kappa shape index (κ3) is 8.97. The van der Waals surface area contributed by atoms with Crippen molar-refractivity contribution < 1.29 is 19.4 Å². The zero-order valence-corrected chi connectivity index (χ0v) is 12.8. The Kier molecular flexibility index (Phi) is 9.83. The van der Waals surface area contributed by atoms with Gasteiger partial charge in [-0.15, -0.1) is 0 Å². The Morgan fingerprint density at radius 2 is 1.58 bits per heavy atom. The third-order valence-corrected chi connectivity index (χ3v) is 3.33. The molecule has 114 valence electrons. The molecule has 0 aliphatic rings. The summed E-state index contributed by atoms with van der Waals surface area (Å²) in [5.74, 6) is -0.719. The molecule has 0 spiro atoms. The molecule has 19 heavy (non-hydrogen) atoms. The zero-order valence-electron chi connectivity index (χ0n) is 12.8. The fraction of sp³-hybridized carbons (Fsp3) is 0.929. The summed E-state index contributed by atoms with van der Waals surface area (Å²) in [5.41, 5.74) is -0.621. The number of hydrogen-bond acceptors (Lipinski definition) is 4. The fourth-order valence-electron chi connectivity index (χ4n) is 1.79. The van der Waals surface area contributed by atoms with Gasteiger partial charge in [-0.1, -0.05) is 6.42 Å². The minimum absolute atomic E-state index is 0.621. The quantitative estimate of drug-likeness (QED) is 0.551. The molecule has 0 amide bonds. The number of ether oxygens (including phenoxy) is 2.